The van der Waals surface area contributed by atoms with Crippen molar-refractivity contribution in [1.82, 2.24) is 5.32 Å². The van der Waals surface area contributed by atoms with E-state index in [0.29, 0.717) is 6.54 Å². The average Bonchev–Trinajstić information content (AvgIpc) is 2.58. The Morgan fingerprint density at radius 2 is 2.19 bits per heavy atom. The van der Waals surface area contributed by atoms with Gasteiger partial charge in [0.25, 0.3) is 0 Å². The number of hydrogen-bond acceptors (Lipinski definition) is 3. The number of carbonyl (C=O) groups excluding carboxylic acids is 1. The number of amides is 1. The smallest absolute Gasteiger partial charge is 0.237 e. The van der Waals surface area contributed by atoms with E-state index in [4.69, 9.17) is 5.73 Å². The maximum absolute atomic E-state index is 11.8. The summed E-state index contributed by atoms with van der Waals surface area (Å²) in [5, 5.41) is 4.91. The molecule has 1 rings (SSSR count). The van der Waals surface area contributed by atoms with Gasteiger partial charge in [-0.1, -0.05) is 20.8 Å². The lowest BCUT2D eigenvalue weighted by molar-refractivity contribution is -0.124. The van der Waals surface area contributed by atoms with Crippen molar-refractivity contribution in [3.05, 3.63) is 21.9 Å². The molecule has 0 fully saturated rings. The van der Waals surface area contributed by atoms with E-state index in [1.165, 1.54) is 10.4 Å². The molecule has 3 N–H and O–H groups in total. The highest BCUT2D eigenvalue weighted by molar-refractivity contribution is 7.10. The van der Waals surface area contributed by atoms with Crippen molar-refractivity contribution in [2.45, 2.75) is 40.3 Å². The number of hydrogen-bond donors (Lipinski definition) is 2. The number of rotatable bonds is 3. The molecule has 0 aliphatic carbocycles. The fourth-order valence-corrected chi connectivity index (χ4v) is 2.10. The maximum Gasteiger partial charge on any atom is 0.237 e. The van der Waals surface area contributed by atoms with Crippen molar-refractivity contribution in [3.8, 4) is 0 Å². The molecule has 0 saturated carbocycles. The molecule has 1 heterocycles. The molecule has 1 aromatic rings. The molecule has 16 heavy (non-hydrogen) atoms. The number of thiophene rings is 1. The summed E-state index contributed by atoms with van der Waals surface area (Å²) in [6.07, 6.45) is 0. The summed E-state index contributed by atoms with van der Waals surface area (Å²) in [6, 6.07) is 1.59. The van der Waals surface area contributed by atoms with Gasteiger partial charge in [-0.2, -0.15) is 0 Å². The minimum absolute atomic E-state index is 0.0831. The summed E-state index contributed by atoms with van der Waals surface area (Å²) in [7, 11) is 0. The van der Waals surface area contributed by atoms with Crippen LogP contribution in [0.15, 0.2) is 11.4 Å². The minimum Gasteiger partial charge on any atom is -0.350 e. The molecular weight excluding hydrogens is 220 g/mol. The lowest BCUT2D eigenvalue weighted by Gasteiger charge is -2.25. The fraction of sp³-hybridized carbons (Fsp3) is 0.583. The largest absolute Gasteiger partial charge is 0.350 e. The van der Waals surface area contributed by atoms with Gasteiger partial charge in [0.1, 0.15) is 0 Å². The summed E-state index contributed by atoms with van der Waals surface area (Å²) < 4.78 is 0. The van der Waals surface area contributed by atoms with Crippen LogP contribution in [-0.2, 0) is 11.3 Å². The molecule has 0 aliphatic rings. The Kier molecular flexibility index (Phi) is 4.10. The van der Waals surface area contributed by atoms with Gasteiger partial charge >= 0.3 is 0 Å². The van der Waals surface area contributed by atoms with Crippen molar-refractivity contribution >= 4 is 17.2 Å². The highest BCUT2D eigenvalue weighted by Crippen LogP contribution is 2.18. The predicted molar refractivity (Wildman–Crippen MR) is 68.3 cm³/mol. The Morgan fingerprint density at radius 3 is 2.62 bits per heavy atom. The first-order chi connectivity index (χ1) is 7.32. The monoisotopic (exact) mass is 240 g/mol. The summed E-state index contributed by atoms with van der Waals surface area (Å²) in [5.41, 5.74) is 6.88. The molecule has 1 atom stereocenters. The topological polar surface area (TPSA) is 55.1 Å². The second kappa shape index (κ2) is 4.97. The third kappa shape index (κ3) is 3.32. The third-order valence-corrected chi connectivity index (χ3v) is 3.63. The van der Waals surface area contributed by atoms with Crippen molar-refractivity contribution < 1.29 is 4.79 Å². The van der Waals surface area contributed by atoms with E-state index in [-0.39, 0.29) is 11.3 Å². The van der Waals surface area contributed by atoms with Crippen molar-refractivity contribution in [3.63, 3.8) is 0 Å². The lowest BCUT2D eigenvalue weighted by atomic mass is 9.87. The molecule has 1 aromatic heterocycles. The van der Waals surface area contributed by atoms with Gasteiger partial charge in [-0.05, 0) is 29.3 Å². The third-order valence-electron chi connectivity index (χ3n) is 2.61. The van der Waals surface area contributed by atoms with Gasteiger partial charge < -0.3 is 11.1 Å². The van der Waals surface area contributed by atoms with E-state index in [9.17, 15) is 4.79 Å². The SMILES string of the molecule is Cc1ccsc1CNC(=O)C(N)C(C)(C)C. The van der Waals surface area contributed by atoms with E-state index in [1.54, 1.807) is 11.3 Å². The van der Waals surface area contributed by atoms with E-state index >= 15 is 0 Å². The molecule has 0 aromatic carbocycles. The summed E-state index contributed by atoms with van der Waals surface area (Å²) in [5.74, 6) is -0.0831. The molecule has 1 amide bonds. The molecule has 3 nitrogen and oxygen atoms in total. The van der Waals surface area contributed by atoms with Crippen LogP contribution in [0, 0.1) is 12.3 Å². The highest BCUT2D eigenvalue weighted by Gasteiger charge is 2.27. The first-order valence-corrected chi connectivity index (χ1v) is 6.26. The van der Waals surface area contributed by atoms with Crippen LogP contribution in [0.5, 0.6) is 0 Å². The zero-order chi connectivity index (χ0) is 12.3. The van der Waals surface area contributed by atoms with E-state index < -0.39 is 6.04 Å². The zero-order valence-corrected chi connectivity index (χ0v) is 11.1. The molecule has 0 bridgehead atoms. The van der Waals surface area contributed by atoms with Gasteiger partial charge in [-0.25, -0.2) is 0 Å². The second-order valence-corrected chi connectivity index (χ2v) is 6.09. The molecule has 0 saturated heterocycles. The van der Waals surface area contributed by atoms with Gasteiger partial charge in [-0.15, -0.1) is 11.3 Å². The summed E-state index contributed by atoms with van der Waals surface area (Å²) in [4.78, 5) is 13.0. The highest BCUT2D eigenvalue weighted by atomic mass is 32.1. The zero-order valence-electron chi connectivity index (χ0n) is 10.3. The molecule has 90 valence electrons. The first-order valence-electron chi connectivity index (χ1n) is 5.38. The fourth-order valence-electron chi connectivity index (χ4n) is 1.26. The summed E-state index contributed by atoms with van der Waals surface area (Å²) >= 11 is 1.66. The van der Waals surface area contributed by atoms with Crippen molar-refractivity contribution in [1.29, 1.82) is 0 Å². The molecular formula is C12H20N2OS. The van der Waals surface area contributed by atoms with Gasteiger partial charge in [0, 0.05) is 4.88 Å². The van der Waals surface area contributed by atoms with E-state index in [2.05, 4.69) is 11.4 Å². The van der Waals surface area contributed by atoms with Crippen LogP contribution >= 0.6 is 11.3 Å². The molecule has 0 aliphatic heterocycles. The van der Waals surface area contributed by atoms with E-state index in [1.807, 2.05) is 33.1 Å². The number of nitrogens with one attached hydrogen (secondary N) is 1. The van der Waals surface area contributed by atoms with Crippen LogP contribution in [0.3, 0.4) is 0 Å². The van der Waals surface area contributed by atoms with Gasteiger partial charge in [-0.3, -0.25) is 4.79 Å². The number of nitrogens with two attached hydrogens (primary N) is 1. The van der Waals surface area contributed by atoms with Crippen molar-refractivity contribution in [2.75, 3.05) is 0 Å². The van der Waals surface area contributed by atoms with Gasteiger partial charge in [0.15, 0.2) is 0 Å². The Morgan fingerprint density at radius 1 is 1.56 bits per heavy atom. The first kappa shape index (κ1) is 13.2. The minimum atomic E-state index is -0.465. The number of aryl methyl sites for hydroxylation is 1. The number of carbonyl (C=O) groups is 1. The van der Waals surface area contributed by atoms with Gasteiger partial charge in [0.2, 0.25) is 5.91 Å². The predicted octanol–water partition coefficient (Wildman–Crippen LogP) is 2.05. The molecule has 1 unspecified atom stereocenters. The second-order valence-electron chi connectivity index (χ2n) is 5.09. The molecule has 0 spiro atoms. The van der Waals surface area contributed by atoms with Crippen molar-refractivity contribution in [2.24, 2.45) is 11.1 Å². The van der Waals surface area contributed by atoms with Crippen LogP contribution in [0.4, 0.5) is 0 Å². The van der Waals surface area contributed by atoms with Gasteiger partial charge in [0.05, 0.1) is 12.6 Å². The lowest BCUT2D eigenvalue weighted by Crippen LogP contribution is -2.48. The quantitative estimate of drug-likeness (QED) is 0.849. The van der Waals surface area contributed by atoms with Crippen LogP contribution in [0.1, 0.15) is 31.2 Å². The Bertz CT molecular complexity index is 365. The Labute approximate surface area is 101 Å². The standard InChI is InChI=1S/C12H20N2OS/c1-8-5-6-16-9(8)7-14-11(15)10(13)12(2,3)4/h5-6,10H,7,13H2,1-4H3,(H,14,15). The van der Waals surface area contributed by atoms with Crippen LogP contribution in [-0.4, -0.2) is 11.9 Å². The van der Waals surface area contributed by atoms with Crippen LogP contribution in [0.2, 0.25) is 0 Å². The average molecular weight is 240 g/mol. The molecule has 0 radical (unpaired) electrons. The maximum atomic E-state index is 11.8. The Balaban J connectivity index is 2.51. The normalized spacial score (nSPS) is 13.6. The van der Waals surface area contributed by atoms with Crippen LogP contribution in [0.25, 0.3) is 0 Å². The van der Waals surface area contributed by atoms with Crippen LogP contribution < -0.4 is 11.1 Å². The molecule has 4 heteroatoms. The summed E-state index contributed by atoms with van der Waals surface area (Å²) in [6.45, 7) is 8.52. The van der Waals surface area contributed by atoms with E-state index in [0.717, 1.165) is 0 Å². The Hall–Kier alpha value is -0.870.